The van der Waals surface area contributed by atoms with Crippen molar-refractivity contribution in [3.05, 3.63) is 72.9 Å². The van der Waals surface area contributed by atoms with Gasteiger partial charge in [-0.05, 0) is 64.2 Å². The van der Waals surface area contributed by atoms with Crippen LogP contribution in [-0.4, -0.2) is 49.9 Å². The van der Waals surface area contributed by atoms with Gasteiger partial charge in [0.25, 0.3) is 0 Å². The Labute approximate surface area is 337 Å². The number of hydrogen-bond donors (Lipinski definition) is 2. The van der Waals surface area contributed by atoms with E-state index in [1.165, 1.54) is 70.6 Å². The molecule has 2 atom stereocenters. The number of hydrogen-bond acceptors (Lipinski definition) is 7. The predicted molar refractivity (Wildman–Crippen MR) is 233 cm³/mol. The van der Waals surface area contributed by atoms with E-state index in [2.05, 4.69) is 86.8 Å². The van der Waals surface area contributed by atoms with Crippen LogP contribution >= 0.6 is 7.82 Å². The Morgan fingerprint density at radius 1 is 0.564 bits per heavy atom. The second-order valence-corrected chi connectivity index (χ2v) is 15.6. The SMILES string of the molecule is CC/C=C\C/C=C\C/C=C\C/C=C\C/C=C\C/C=C\CCCCCCCCC(=O)OC(COCCCCCCCCCCCCC)COP(=O)(O)OCCN. The van der Waals surface area contributed by atoms with Crippen molar-refractivity contribution in [2.45, 2.75) is 180 Å². The summed E-state index contributed by atoms with van der Waals surface area (Å²) in [5, 5.41) is 0. The highest BCUT2D eigenvalue weighted by Gasteiger charge is 2.25. The molecule has 0 aromatic rings. The molecule has 55 heavy (non-hydrogen) atoms. The van der Waals surface area contributed by atoms with Gasteiger partial charge in [0.2, 0.25) is 0 Å². The van der Waals surface area contributed by atoms with E-state index < -0.39 is 13.9 Å². The second kappa shape index (κ2) is 43.1. The van der Waals surface area contributed by atoms with Gasteiger partial charge < -0.3 is 20.1 Å². The van der Waals surface area contributed by atoms with Crippen molar-refractivity contribution in [1.82, 2.24) is 0 Å². The number of carbonyl (C=O) groups is 1. The van der Waals surface area contributed by atoms with Crippen LogP contribution in [0.1, 0.15) is 174 Å². The molecule has 0 bridgehead atoms. The third-order valence-corrected chi connectivity index (χ3v) is 9.87. The number of rotatable bonds is 41. The maximum absolute atomic E-state index is 12.6. The van der Waals surface area contributed by atoms with Crippen LogP contribution in [-0.2, 0) is 27.9 Å². The topological polar surface area (TPSA) is 117 Å². The molecule has 0 saturated heterocycles. The summed E-state index contributed by atoms with van der Waals surface area (Å²) >= 11 is 0. The lowest BCUT2D eigenvalue weighted by Gasteiger charge is -2.20. The summed E-state index contributed by atoms with van der Waals surface area (Å²) in [5.74, 6) is -0.347. The normalized spacial score (nSPS) is 14.2. The average Bonchev–Trinajstić information content (AvgIpc) is 3.17. The fraction of sp³-hybridized carbons (Fsp3) is 0.717. The average molecular weight is 792 g/mol. The number of esters is 1. The van der Waals surface area contributed by atoms with E-state index in [0.29, 0.717) is 13.0 Å². The molecule has 0 radical (unpaired) electrons. The molecule has 9 heteroatoms. The van der Waals surface area contributed by atoms with E-state index in [-0.39, 0.29) is 32.3 Å². The molecule has 0 rings (SSSR count). The maximum atomic E-state index is 12.6. The number of phosphoric acid groups is 1. The first kappa shape index (κ1) is 52.9. The van der Waals surface area contributed by atoms with Crippen molar-refractivity contribution >= 4 is 13.8 Å². The highest BCUT2D eigenvalue weighted by atomic mass is 31.2. The van der Waals surface area contributed by atoms with Crippen molar-refractivity contribution in [3.8, 4) is 0 Å². The lowest BCUT2D eigenvalue weighted by molar-refractivity contribution is -0.154. The first-order valence-electron chi connectivity index (χ1n) is 21.9. The zero-order valence-corrected chi connectivity index (χ0v) is 36.0. The molecule has 0 aliphatic carbocycles. The van der Waals surface area contributed by atoms with E-state index >= 15 is 0 Å². The summed E-state index contributed by atoms with van der Waals surface area (Å²) < 4.78 is 33.4. The van der Waals surface area contributed by atoms with Gasteiger partial charge in [-0.3, -0.25) is 13.8 Å². The number of unbranched alkanes of at least 4 members (excludes halogenated alkanes) is 16. The van der Waals surface area contributed by atoms with Crippen molar-refractivity contribution in [3.63, 3.8) is 0 Å². The molecule has 0 aromatic carbocycles. The summed E-state index contributed by atoms with van der Waals surface area (Å²) in [6.07, 6.45) is 53.5. The van der Waals surface area contributed by atoms with E-state index in [9.17, 15) is 14.3 Å². The summed E-state index contributed by atoms with van der Waals surface area (Å²) in [7, 11) is -4.28. The van der Waals surface area contributed by atoms with E-state index in [1.54, 1.807) is 0 Å². The Hall–Kier alpha value is -2.06. The Bertz CT molecular complexity index is 1070. The molecule has 2 unspecified atom stereocenters. The van der Waals surface area contributed by atoms with Crippen molar-refractivity contribution in [2.75, 3.05) is 33.0 Å². The minimum Gasteiger partial charge on any atom is -0.457 e. The van der Waals surface area contributed by atoms with Crippen molar-refractivity contribution in [1.29, 1.82) is 0 Å². The molecule has 0 fully saturated rings. The number of phosphoric ester groups is 1. The van der Waals surface area contributed by atoms with Crippen LogP contribution in [0.5, 0.6) is 0 Å². The fourth-order valence-corrected chi connectivity index (χ4v) is 6.47. The third kappa shape index (κ3) is 42.9. The highest BCUT2D eigenvalue weighted by Crippen LogP contribution is 2.43. The smallest absolute Gasteiger partial charge is 0.457 e. The Morgan fingerprint density at radius 3 is 1.53 bits per heavy atom. The van der Waals surface area contributed by atoms with Crippen molar-refractivity contribution < 1.29 is 32.8 Å². The zero-order chi connectivity index (χ0) is 40.2. The second-order valence-electron chi connectivity index (χ2n) is 14.2. The molecule has 3 N–H and O–H groups in total. The first-order chi connectivity index (χ1) is 26.9. The Kier molecular flexibility index (Phi) is 41.5. The Morgan fingerprint density at radius 2 is 1.02 bits per heavy atom. The Balaban J connectivity index is 4.03. The molecule has 0 saturated carbocycles. The monoisotopic (exact) mass is 792 g/mol. The minimum absolute atomic E-state index is 0.0951. The number of carbonyl (C=O) groups excluding carboxylic acids is 1. The summed E-state index contributed by atoms with van der Waals surface area (Å²) in [6.45, 7) is 4.77. The quantitative estimate of drug-likeness (QED) is 0.0272. The van der Waals surface area contributed by atoms with E-state index in [4.69, 9.17) is 24.3 Å². The maximum Gasteiger partial charge on any atom is 0.472 e. The number of ether oxygens (including phenoxy) is 2. The molecule has 0 aromatic heterocycles. The number of nitrogens with two attached hydrogens (primary N) is 1. The molecule has 0 heterocycles. The third-order valence-electron chi connectivity index (χ3n) is 8.89. The van der Waals surface area contributed by atoms with Crippen LogP contribution < -0.4 is 5.73 Å². The van der Waals surface area contributed by atoms with Crippen LogP contribution in [0.15, 0.2) is 72.9 Å². The van der Waals surface area contributed by atoms with Crippen LogP contribution in [0.25, 0.3) is 0 Å². The van der Waals surface area contributed by atoms with Crippen molar-refractivity contribution in [2.24, 2.45) is 5.73 Å². The number of allylic oxidation sites excluding steroid dienone is 12. The predicted octanol–water partition coefficient (Wildman–Crippen LogP) is 13.1. The van der Waals surface area contributed by atoms with Gasteiger partial charge in [0.15, 0.2) is 0 Å². The highest BCUT2D eigenvalue weighted by molar-refractivity contribution is 7.47. The standard InChI is InChI=1S/C46H82NO7P/c1-3-5-7-9-11-13-15-16-17-18-19-20-21-22-23-24-25-26-27-28-29-31-33-35-37-39-46(48)54-45(44-53-55(49,50)52-42-40-47)43-51-41-38-36-34-32-30-14-12-10-8-6-4-2/h5,7,11,13,16-17,19-20,22-23,25-26,45H,3-4,6,8-10,12,14-15,18,21,24,27-44,47H2,1-2H3,(H,49,50)/b7-5-,13-11-,17-16-,20-19-,23-22-,26-25-. The van der Waals surface area contributed by atoms with E-state index in [0.717, 1.165) is 83.5 Å². The van der Waals surface area contributed by atoms with Gasteiger partial charge in [-0.15, -0.1) is 0 Å². The van der Waals surface area contributed by atoms with Gasteiger partial charge in [-0.1, -0.05) is 177 Å². The molecule has 318 valence electrons. The minimum atomic E-state index is -4.28. The van der Waals surface area contributed by atoms with Crippen LogP contribution in [0.4, 0.5) is 0 Å². The lowest BCUT2D eigenvalue weighted by Crippen LogP contribution is -2.28. The van der Waals surface area contributed by atoms with Gasteiger partial charge in [0, 0.05) is 19.6 Å². The molecule has 0 amide bonds. The molecule has 8 nitrogen and oxygen atoms in total. The van der Waals surface area contributed by atoms with Gasteiger partial charge in [-0.25, -0.2) is 4.57 Å². The lowest BCUT2D eigenvalue weighted by atomic mass is 10.1. The van der Waals surface area contributed by atoms with Gasteiger partial charge >= 0.3 is 13.8 Å². The summed E-state index contributed by atoms with van der Waals surface area (Å²) in [6, 6.07) is 0. The first-order valence-corrected chi connectivity index (χ1v) is 23.4. The largest absolute Gasteiger partial charge is 0.472 e. The molecule has 0 aliphatic rings. The fourth-order valence-electron chi connectivity index (χ4n) is 5.70. The molecular weight excluding hydrogens is 709 g/mol. The van der Waals surface area contributed by atoms with Crippen LogP contribution in [0.2, 0.25) is 0 Å². The van der Waals surface area contributed by atoms with Gasteiger partial charge in [0.1, 0.15) is 6.10 Å². The van der Waals surface area contributed by atoms with E-state index in [1.807, 2.05) is 0 Å². The van der Waals surface area contributed by atoms with Crippen LogP contribution in [0, 0.1) is 0 Å². The molecule has 0 spiro atoms. The summed E-state index contributed by atoms with van der Waals surface area (Å²) in [5.41, 5.74) is 5.36. The molecular formula is C46H82NO7P. The molecule has 0 aliphatic heterocycles. The summed E-state index contributed by atoms with van der Waals surface area (Å²) in [4.78, 5) is 22.5. The van der Waals surface area contributed by atoms with Gasteiger partial charge in [0.05, 0.1) is 19.8 Å². The zero-order valence-electron chi connectivity index (χ0n) is 35.1. The van der Waals surface area contributed by atoms with Crippen LogP contribution in [0.3, 0.4) is 0 Å². The van der Waals surface area contributed by atoms with Gasteiger partial charge in [-0.2, -0.15) is 0 Å².